The summed E-state index contributed by atoms with van der Waals surface area (Å²) in [5.41, 5.74) is 3.84. The van der Waals surface area contributed by atoms with Crippen molar-refractivity contribution < 1.29 is 34.4 Å². The number of likely N-dealkylation sites (N-methyl/N-ethyl adjacent to an activating group) is 1. The maximum absolute atomic E-state index is 14.0. The number of nitrogens with two attached hydrogens (primary N) is 1. The predicted octanol–water partition coefficient (Wildman–Crippen LogP) is 1.66. The highest BCUT2D eigenvalue weighted by Crippen LogP contribution is 2.53. The highest BCUT2D eigenvalue weighted by Gasteiger charge is 2.63. The third kappa shape index (κ3) is 3.90. The number of anilines is 1. The molecule has 4 rings (SSSR count). The number of unbranched alkanes of at least 4 members (excludes halogenated alkanes) is 1. The molecule has 37 heavy (non-hydrogen) atoms. The Hall–Kier alpha value is -3.37. The van der Waals surface area contributed by atoms with Crippen LogP contribution >= 0.6 is 0 Å². The summed E-state index contributed by atoms with van der Waals surface area (Å²) < 4.78 is 5.95. The monoisotopic (exact) mass is 513 g/mol. The van der Waals surface area contributed by atoms with Gasteiger partial charge in [-0.3, -0.25) is 19.3 Å². The first kappa shape index (κ1) is 26.7. The summed E-state index contributed by atoms with van der Waals surface area (Å²) in [5.74, 6) is -5.46. The number of ketones is 2. The van der Waals surface area contributed by atoms with Crippen molar-refractivity contribution in [3.63, 3.8) is 0 Å². The highest BCUT2D eigenvalue weighted by atomic mass is 16.5. The van der Waals surface area contributed by atoms with Crippen molar-refractivity contribution in [3.05, 3.63) is 45.9 Å². The molecule has 0 saturated carbocycles. The molecular formula is C27H35N3O7. The molecule has 1 amide bonds. The number of benzene rings is 1. The van der Waals surface area contributed by atoms with Gasteiger partial charge in [0.2, 0.25) is 5.78 Å². The highest BCUT2D eigenvalue weighted by molar-refractivity contribution is 6.24. The summed E-state index contributed by atoms with van der Waals surface area (Å²) in [6.07, 6.45) is 2.17. The smallest absolute Gasteiger partial charge is 0.255 e. The third-order valence-corrected chi connectivity index (χ3v) is 7.80. The van der Waals surface area contributed by atoms with Gasteiger partial charge >= 0.3 is 0 Å². The van der Waals surface area contributed by atoms with Crippen LogP contribution in [0.15, 0.2) is 34.8 Å². The molecule has 3 aliphatic carbocycles. The predicted molar refractivity (Wildman–Crippen MR) is 137 cm³/mol. The lowest BCUT2D eigenvalue weighted by atomic mass is 9.58. The first-order valence-electron chi connectivity index (χ1n) is 12.5. The molecule has 0 radical (unpaired) electrons. The molecule has 10 heteroatoms. The second kappa shape index (κ2) is 9.50. The van der Waals surface area contributed by atoms with E-state index in [0.717, 1.165) is 24.1 Å². The van der Waals surface area contributed by atoms with E-state index in [1.54, 1.807) is 25.1 Å². The van der Waals surface area contributed by atoms with Crippen LogP contribution in [0.3, 0.4) is 0 Å². The second-order valence-corrected chi connectivity index (χ2v) is 10.5. The van der Waals surface area contributed by atoms with Crippen LogP contribution < -0.4 is 15.4 Å². The van der Waals surface area contributed by atoms with Crippen LogP contribution in [0.1, 0.15) is 42.1 Å². The number of hydrogen-bond acceptors (Lipinski definition) is 9. The van der Waals surface area contributed by atoms with E-state index in [0.29, 0.717) is 24.3 Å². The molecule has 1 aromatic rings. The minimum absolute atomic E-state index is 0.0708. The Balaban J connectivity index is 1.93. The van der Waals surface area contributed by atoms with Gasteiger partial charge < -0.3 is 30.7 Å². The van der Waals surface area contributed by atoms with E-state index in [-0.39, 0.29) is 12.0 Å². The van der Waals surface area contributed by atoms with Crippen LogP contribution in [0.4, 0.5) is 5.69 Å². The number of amides is 1. The van der Waals surface area contributed by atoms with Crippen molar-refractivity contribution in [1.82, 2.24) is 4.90 Å². The van der Waals surface area contributed by atoms with Crippen LogP contribution in [0.25, 0.3) is 0 Å². The summed E-state index contributed by atoms with van der Waals surface area (Å²) >= 11 is 0. The van der Waals surface area contributed by atoms with Crippen LogP contribution in [0, 0.1) is 11.8 Å². The summed E-state index contributed by atoms with van der Waals surface area (Å²) in [7, 11) is 6.99. The van der Waals surface area contributed by atoms with Crippen LogP contribution in [0.2, 0.25) is 0 Å². The van der Waals surface area contributed by atoms with Gasteiger partial charge in [0.1, 0.15) is 22.8 Å². The number of allylic oxidation sites excluding steroid dienone is 1. The van der Waals surface area contributed by atoms with Crippen LogP contribution in [-0.2, 0) is 16.0 Å². The van der Waals surface area contributed by atoms with Crippen molar-refractivity contribution in [2.45, 2.75) is 44.2 Å². The minimum Gasteiger partial charge on any atom is -0.510 e. The Labute approximate surface area is 216 Å². The number of nitrogens with zero attached hydrogens (tertiary/aromatic N) is 2. The topological polar surface area (TPSA) is 154 Å². The molecule has 4 atom stereocenters. The molecule has 0 bridgehead atoms. The molecule has 0 aromatic heterocycles. The molecule has 0 fully saturated rings. The Morgan fingerprint density at radius 2 is 1.86 bits per heavy atom. The standard InChI is InChI=1S/C27H35N3O7/c1-6-7-10-37-17-9-8-16(29(2)3)14-11-13-12-15-21(30(4)5)23(32)20(26(28)35)25(34)27(15,36)24(33)18(13)22(31)19(14)17/h8-9,13,15,21,32-33,36H,6-7,10-12H2,1-5H3,(H2,28,35)/t13-,15-,21?,27-/m0/s1. The van der Waals surface area contributed by atoms with Gasteiger partial charge in [0.05, 0.1) is 18.2 Å². The van der Waals surface area contributed by atoms with E-state index < -0.39 is 58.0 Å². The number of ether oxygens (including phenoxy) is 1. The van der Waals surface area contributed by atoms with Crippen molar-refractivity contribution >= 4 is 23.2 Å². The molecule has 3 aliphatic rings. The average Bonchev–Trinajstić information content (AvgIpc) is 2.81. The first-order chi connectivity index (χ1) is 17.4. The maximum Gasteiger partial charge on any atom is 0.255 e. The van der Waals surface area contributed by atoms with Gasteiger partial charge in [0.15, 0.2) is 11.4 Å². The van der Waals surface area contributed by atoms with Crippen molar-refractivity contribution in [3.8, 4) is 5.75 Å². The molecule has 0 saturated heterocycles. The number of aliphatic hydroxyl groups excluding tert-OH is 2. The number of rotatable bonds is 7. The summed E-state index contributed by atoms with van der Waals surface area (Å²) in [6.45, 7) is 2.44. The fraction of sp³-hybridized carbons (Fsp3) is 0.519. The molecule has 0 spiro atoms. The quantitative estimate of drug-likeness (QED) is 0.315. The van der Waals surface area contributed by atoms with E-state index in [2.05, 4.69) is 0 Å². The Bertz CT molecular complexity index is 1230. The van der Waals surface area contributed by atoms with Gasteiger partial charge in [0.25, 0.3) is 5.91 Å². The van der Waals surface area contributed by atoms with E-state index in [1.807, 2.05) is 32.0 Å². The molecule has 1 unspecified atom stereocenters. The van der Waals surface area contributed by atoms with Gasteiger partial charge in [0, 0.05) is 31.3 Å². The number of hydrogen-bond donors (Lipinski definition) is 4. The van der Waals surface area contributed by atoms with E-state index in [9.17, 15) is 29.7 Å². The zero-order valence-electron chi connectivity index (χ0n) is 21.9. The molecule has 0 aliphatic heterocycles. The van der Waals surface area contributed by atoms with Crippen LogP contribution in [-0.4, -0.2) is 84.1 Å². The summed E-state index contributed by atoms with van der Waals surface area (Å²) in [4.78, 5) is 43.0. The van der Waals surface area contributed by atoms with Gasteiger partial charge in [-0.15, -0.1) is 0 Å². The maximum atomic E-state index is 14.0. The van der Waals surface area contributed by atoms with E-state index >= 15 is 0 Å². The van der Waals surface area contributed by atoms with Gasteiger partial charge in [-0.05, 0) is 57.0 Å². The summed E-state index contributed by atoms with van der Waals surface area (Å²) in [6, 6.07) is 2.63. The molecule has 0 heterocycles. The van der Waals surface area contributed by atoms with E-state index in [4.69, 9.17) is 10.5 Å². The Morgan fingerprint density at radius 1 is 1.19 bits per heavy atom. The van der Waals surface area contributed by atoms with Gasteiger partial charge in [-0.25, -0.2) is 0 Å². The lowest BCUT2D eigenvalue weighted by molar-refractivity contribution is -0.148. The molecule has 200 valence electrons. The van der Waals surface area contributed by atoms with Crippen molar-refractivity contribution in [2.75, 3.05) is 39.7 Å². The normalized spacial score (nSPS) is 27.2. The zero-order valence-corrected chi connectivity index (χ0v) is 21.9. The summed E-state index contributed by atoms with van der Waals surface area (Å²) in [5, 5.41) is 34.1. The van der Waals surface area contributed by atoms with Gasteiger partial charge in [-0.2, -0.15) is 0 Å². The van der Waals surface area contributed by atoms with Crippen LogP contribution in [0.5, 0.6) is 5.75 Å². The average molecular weight is 514 g/mol. The Morgan fingerprint density at radius 3 is 2.43 bits per heavy atom. The SMILES string of the molecule is CCCCOc1ccc(N(C)C)c2c1C(=O)C1=C(O)[C@]3(O)C(=O)C(C(N)=O)=C(O)C(N(C)C)[C@@H]3C[C@@H]1C2. The number of Topliss-reactive ketones (excluding diaryl/α,β-unsaturated/α-hetero) is 2. The number of primary amides is 1. The van der Waals surface area contributed by atoms with Crippen molar-refractivity contribution in [2.24, 2.45) is 17.6 Å². The number of carbonyl (C=O) groups excluding carboxylic acids is 3. The lowest BCUT2D eigenvalue weighted by Gasteiger charge is -2.50. The fourth-order valence-corrected chi connectivity index (χ4v) is 6.09. The lowest BCUT2D eigenvalue weighted by Crippen LogP contribution is -2.63. The Kier molecular flexibility index (Phi) is 6.85. The van der Waals surface area contributed by atoms with Crippen molar-refractivity contribution in [1.29, 1.82) is 0 Å². The second-order valence-electron chi connectivity index (χ2n) is 10.5. The molecular weight excluding hydrogens is 478 g/mol. The number of carbonyl (C=O) groups is 3. The molecule has 5 N–H and O–H groups in total. The fourth-order valence-electron chi connectivity index (χ4n) is 6.09. The zero-order chi connectivity index (χ0) is 27.4. The minimum atomic E-state index is -2.59. The molecule has 1 aromatic carbocycles. The molecule has 10 nitrogen and oxygen atoms in total. The third-order valence-electron chi connectivity index (χ3n) is 7.80. The largest absolute Gasteiger partial charge is 0.510 e. The van der Waals surface area contributed by atoms with E-state index in [1.165, 1.54) is 0 Å². The number of fused-ring (bicyclic) bond motifs is 3. The first-order valence-corrected chi connectivity index (χ1v) is 12.5. The van der Waals surface area contributed by atoms with Gasteiger partial charge in [-0.1, -0.05) is 13.3 Å². The number of aliphatic hydroxyl groups is 3.